The number of aromatic nitrogens is 4. The number of aromatic hydroxyl groups is 1. The molecule has 0 aliphatic carbocycles. The van der Waals surface area contributed by atoms with Gasteiger partial charge in [0.2, 0.25) is 5.95 Å². The number of anilines is 3. The fourth-order valence-corrected chi connectivity index (χ4v) is 3.71. The van der Waals surface area contributed by atoms with Crippen LogP contribution in [0.3, 0.4) is 0 Å². The van der Waals surface area contributed by atoms with Crippen molar-refractivity contribution in [1.29, 1.82) is 5.26 Å². The van der Waals surface area contributed by atoms with E-state index in [1.165, 1.54) is 10.6 Å². The smallest absolute Gasteiger partial charge is 0.267 e. The number of benzene rings is 2. The molecule has 0 amide bonds. The molecule has 1 unspecified atom stereocenters. The Morgan fingerprint density at radius 3 is 2.67 bits per heavy atom. The number of nitrogens with two attached hydrogens (primary N) is 2. The largest absolute Gasteiger partial charge is 0.508 e. The number of nitriles is 1. The van der Waals surface area contributed by atoms with E-state index in [0.717, 1.165) is 0 Å². The van der Waals surface area contributed by atoms with Crippen molar-refractivity contribution in [2.24, 2.45) is 0 Å². The van der Waals surface area contributed by atoms with E-state index >= 15 is 0 Å². The van der Waals surface area contributed by atoms with Gasteiger partial charge in [0.15, 0.2) is 5.82 Å². The number of fused-ring (bicyclic) bond motifs is 1. The zero-order valence-electron chi connectivity index (χ0n) is 17.7. The monoisotopic (exact) mass is 462 g/mol. The van der Waals surface area contributed by atoms with Crippen molar-refractivity contribution in [2.75, 3.05) is 16.8 Å². The number of phenolic OH excluding ortho intramolecular Hbond substituents is 1. The number of halogens is 1. The van der Waals surface area contributed by atoms with E-state index in [4.69, 9.17) is 23.1 Å². The number of rotatable bonds is 4. The highest BCUT2D eigenvalue weighted by atomic mass is 35.5. The lowest BCUT2D eigenvalue weighted by molar-refractivity contribution is 0.470. The third kappa shape index (κ3) is 3.86. The molecule has 11 heteroatoms. The highest BCUT2D eigenvalue weighted by Crippen LogP contribution is 2.28. The van der Waals surface area contributed by atoms with Crippen LogP contribution in [0.2, 0.25) is 5.02 Å². The summed E-state index contributed by atoms with van der Waals surface area (Å²) < 4.78 is 1.35. The van der Waals surface area contributed by atoms with Crippen molar-refractivity contribution in [1.82, 2.24) is 19.5 Å². The van der Waals surface area contributed by atoms with Crippen LogP contribution in [0.4, 0.5) is 17.6 Å². The van der Waals surface area contributed by atoms with Gasteiger partial charge in [-0.3, -0.25) is 9.36 Å². The van der Waals surface area contributed by atoms with Crippen LogP contribution in [0.15, 0.2) is 41.2 Å². The van der Waals surface area contributed by atoms with Crippen LogP contribution < -0.4 is 22.3 Å². The summed E-state index contributed by atoms with van der Waals surface area (Å²) in [5.74, 6) is 0.235. The highest BCUT2D eigenvalue weighted by molar-refractivity contribution is 6.35. The fraction of sp³-hybridized carbons (Fsp3) is 0.136. The van der Waals surface area contributed by atoms with Gasteiger partial charge < -0.3 is 21.9 Å². The normalized spacial score (nSPS) is 11.8. The van der Waals surface area contributed by atoms with E-state index in [-0.39, 0.29) is 45.1 Å². The number of hydrogen-bond donors (Lipinski definition) is 4. The number of hydrogen-bond acceptors (Lipinski definition) is 9. The van der Waals surface area contributed by atoms with Crippen LogP contribution in [0.25, 0.3) is 16.6 Å². The lowest BCUT2D eigenvalue weighted by Crippen LogP contribution is -2.28. The predicted molar refractivity (Wildman–Crippen MR) is 126 cm³/mol. The SMILES string of the molecule is Cc1ccc(-n2c(C(C)Nc3nc(N)nc(N)c3C#N)nc3cccc(Cl)c3c2=O)cc1O. The predicted octanol–water partition coefficient (Wildman–Crippen LogP) is 3.05. The molecule has 6 N–H and O–H groups in total. The zero-order valence-corrected chi connectivity index (χ0v) is 18.4. The molecule has 0 radical (unpaired) electrons. The van der Waals surface area contributed by atoms with Crippen molar-refractivity contribution in [3.05, 3.63) is 68.7 Å². The molecular formula is C22H19ClN8O2. The molecule has 2 aromatic heterocycles. The average molecular weight is 463 g/mol. The molecule has 0 fully saturated rings. The van der Waals surface area contributed by atoms with E-state index in [1.807, 2.05) is 6.07 Å². The zero-order chi connectivity index (χ0) is 23.9. The van der Waals surface area contributed by atoms with Gasteiger partial charge in [-0.1, -0.05) is 23.7 Å². The van der Waals surface area contributed by atoms with Gasteiger partial charge in [-0.15, -0.1) is 0 Å². The summed E-state index contributed by atoms with van der Waals surface area (Å²) in [4.78, 5) is 26.1. The van der Waals surface area contributed by atoms with E-state index in [1.54, 1.807) is 44.2 Å². The Morgan fingerprint density at radius 2 is 1.97 bits per heavy atom. The summed E-state index contributed by atoms with van der Waals surface area (Å²) in [6.07, 6.45) is 0. The molecular weight excluding hydrogens is 444 g/mol. The summed E-state index contributed by atoms with van der Waals surface area (Å²) in [5, 5.41) is 23.3. The summed E-state index contributed by atoms with van der Waals surface area (Å²) in [6.45, 7) is 3.48. The maximum atomic E-state index is 13.6. The van der Waals surface area contributed by atoms with Crippen LogP contribution in [-0.4, -0.2) is 24.6 Å². The molecule has 10 nitrogen and oxygen atoms in total. The lowest BCUT2D eigenvalue weighted by atomic mass is 10.1. The van der Waals surface area contributed by atoms with Gasteiger partial charge in [-0.2, -0.15) is 15.2 Å². The Bertz CT molecular complexity index is 1510. The molecule has 0 aliphatic heterocycles. The van der Waals surface area contributed by atoms with E-state index in [0.29, 0.717) is 16.8 Å². The Hall–Kier alpha value is -4.36. The van der Waals surface area contributed by atoms with Crippen molar-refractivity contribution in [3.8, 4) is 17.5 Å². The van der Waals surface area contributed by atoms with E-state index in [9.17, 15) is 15.2 Å². The van der Waals surface area contributed by atoms with Crippen LogP contribution >= 0.6 is 11.6 Å². The maximum absolute atomic E-state index is 13.6. The number of nitrogen functional groups attached to an aromatic ring is 2. The number of nitrogens with zero attached hydrogens (tertiary/aromatic N) is 5. The minimum Gasteiger partial charge on any atom is -0.508 e. The van der Waals surface area contributed by atoms with Crippen LogP contribution in [0.5, 0.6) is 5.75 Å². The first-order valence-corrected chi connectivity index (χ1v) is 10.2. The van der Waals surface area contributed by atoms with Crippen LogP contribution in [-0.2, 0) is 0 Å². The lowest BCUT2D eigenvalue weighted by Gasteiger charge is -2.21. The molecule has 4 rings (SSSR count). The second-order valence-corrected chi connectivity index (χ2v) is 7.79. The molecule has 0 spiro atoms. The van der Waals surface area contributed by atoms with E-state index < -0.39 is 11.6 Å². The van der Waals surface area contributed by atoms with Gasteiger partial charge in [0, 0.05) is 6.07 Å². The second kappa shape index (κ2) is 8.29. The molecule has 4 aromatic rings. The van der Waals surface area contributed by atoms with Crippen molar-refractivity contribution < 1.29 is 5.11 Å². The molecule has 0 saturated carbocycles. The Balaban J connectivity index is 1.96. The van der Waals surface area contributed by atoms with Gasteiger partial charge in [-0.05, 0) is 37.6 Å². The molecule has 0 bridgehead atoms. The Morgan fingerprint density at radius 1 is 1.21 bits per heavy atom. The van der Waals surface area contributed by atoms with Crippen LogP contribution in [0, 0.1) is 18.3 Å². The molecule has 2 heterocycles. The second-order valence-electron chi connectivity index (χ2n) is 7.38. The first-order chi connectivity index (χ1) is 15.7. The summed E-state index contributed by atoms with van der Waals surface area (Å²) in [6, 6.07) is 11.1. The summed E-state index contributed by atoms with van der Waals surface area (Å²) in [5.41, 5.74) is 12.5. The summed E-state index contributed by atoms with van der Waals surface area (Å²) >= 11 is 6.32. The quantitative estimate of drug-likeness (QED) is 0.356. The molecule has 0 aliphatic rings. The maximum Gasteiger partial charge on any atom is 0.267 e. The molecule has 2 aromatic carbocycles. The highest BCUT2D eigenvalue weighted by Gasteiger charge is 2.22. The standard InChI is InChI=1S/C22H19ClN8O2/c1-10-6-7-12(8-16(10)32)31-20(28-15-5-3-4-14(23)17(15)21(31)33)11(2)27-19-13(9-24)18(25)29-22(26)30-19/h3-8,11,32H,1-2H3,(H5,25,26,27,29,30). The third-order valence-electron chi connectivity index (χ3n) is 5.13. The van der Waals surface area contributed by atoms with Crippen LogP contribution in [0.1, 0.15) is 29.9 Å². The fourth-order valence-electron chi connectivity index (χ4n) is 3.46. The van der Waals surface area contributed by atoms with Gasteiger partial charge in [0.1, 0.15) is 29.0 Å². The molecule has 166 valence electrons. The minimum atomic E-state index is -0.648. The van der Waals surface area contributed by atoms with Crippen molar-refractivity contribution in [2.45, 2.75) is 19.9 Å². The first kappa shape index (κ1) is 21.9. The first-order valence-electron chi connectivity index (χ1n) is 9.82. The molecule has 33 heavy (non-hydrogen) atoms. The average Bonchev–Trinajstić information content (AvgIpc) is 2.75. The molecule has 0 saturated heterocycles. The molecule has 1 atom stereocenters. The van der Waals surface area contributed by atoms with Gasteiger partial charge in [0.25, 0.3) is 5.56 Å². The number of aryl methyl sites for hydroxylation is 1. The Kier molecular flexibility index (Phi) is 5.49. The Labute approximate surface area is 193 Å². The van der Waals surface area contributed by atoms with Gasteiger partial charge in [-0.25, -0.2) is 4.98 Å². The van der Waals surface area contributed by atoms with Crippen molar-refractivity contribution >= 4 is 40.1 Å². The van der Waals surface area contributed by atoms with Crippen molar-refractivity contribution in [3.63, 3.8) is 0 Å². The van der Waals surface area contributed by atoms with Gasteiger partial charge >= 0.3 is 0 Å². The topological polar surface area (TPSA) is 169 Å². The minimum absolute atomic E-state index is 0.0155. The number of phenols is 1. The van der Waals surface area contributed by atoms with E-state index in [2.05, 4.69) is 20.3 Å². The van der Waals surface area contributed by atoms with Gasteiger partial charge in [0.05, 0.1) is 27.7 Å². The number of nitrogens with one attached hydrogen (secondary N) is 1. The third-order valence-corrected chi connectivity index (χ3v) is 5.45. The summed E-state index contributed by atoms with van der Waals surface area (Å²) in [7, 11) is 0.